The van der Waals surface area contributed by atoms with Crippen molar-refractivity contribution < 1.29 is 32.2 Å². The first-order valence-corrected chi connectivity index (χ1v) is 7.63. The Morgan fingerprint density at radius 1 is 1.00 bits per heavy atom. The maximum absolute atomic E-state index is 12.5. The van der Waals surface area contributed by atoms with Crippen molar-refractivity contribution in [3.63, 3.8) is 0 Å². The van der Waals surface area contributed by atoms with E-state index < -0.39 is 12.3 Å². The van der Waals surface area contributed by atoms with E-state index in [0.29, 0.717) is 11.5 Å². The summed E-state index contributed by atoms with van der Waals surface area (Å²) in [5.41, 5.74) is 0.234. The van der Waals surface area contributed by atoms with E-state index in [-0.39, 0.29) is 24.5 Å². The number of ether oxygens (including phenoxy) is 3. The number of likely N-dealkylation sites (N-methyl/N-ethyl adjacent to an activating group) is 1. The monoisotopic (exact) mass is 369 g/mol. The number of alkyl halides is 3. The van der Waals surface area contributed by atoms with E-state index in [4.69, 9.17) is 9.47 Å². The minimum absolute atomic E-state index is 0.0552. The molecule has 0 unspecified atom stereocenters. The fourth-order valence-electron chi connectivity index (χ4n) is 2.19. The van der Waals surface area contributed by atoms with Crippen LogP contribution in [0.1, 0.15) is 5.56 Å². The average Bonchev–Trinajstić information content (AvgIpc) is 2.60. The summed E-state index contributed by atoms with van der Waals surface area (Å²) < 4.78 is 51.9. The maximum atomic E-state index is 12.5. The molecule has 0 aromatic heterocycles. The Hall–Kier alpha value is -2.90. The second-order valence-corrected chi connectivity index (χ2v) is 5.34. The van der Waals surface area contributed by atoms with Crippen molar-refractivity contribution in [1.29, 1.82) is 0 Å². The molecule has 5 nitrogen and oxygen atoms in total. The molecule has 0 aliphatic rings. The van der Waals surface area contributed by atoms with Crippen LogP contribution in [0.3, 0.4) is 0 Å². The van der Waals surface area contributed by atoms with Gasteiger partial charge >= 0.3 is 6.36 Å². The van der Waals surface area contributed by atoms with E-state index in [1.807, 2.05) is 0 Å². The summed E-state index contributed by atoms with van der Waals surface area (Å²) in [5.74, 6) is 0.132. The molecule has 8 heteroatoms. The zero-order valence-corrected chi connectivity index (χ0v) is 14.2. The van der Waals surface area contributed by atoms with Gasteiger partial charge in [-0.05, 0) is 18.2 Å². The largest absolute Gasteiger partial charge is 0.573 e. The highest BCUT2D eigenvalue weighted by Crippen LogP contribution is 2.27. The van der Waals surface area contributed by atoms with E-state index in [2.05, 4.69) is 4.74 Å². The predicted octanol–water partition coefficient (Wildman–Crippen LogP) is 3.63. The number of hydrogen-bond acceptors (Lipinski definition) is 4. The van der Waals surface area contributed by atoms with Crippen LogP contribution in [0.5, 0.6) is 17.2 Å². The molecule has 0 fully saturated rings. The average molecular weight is 369 g/mol. The van der Waals surface area contributed by atoms with Gasteiger partial charge in [0.1, 0.15) is 5.75 Å². The maximum Gasteiger partial charge on any atom is 0.573 e. The third-order valence-electron chi connectivity index (χ3n) is 3.45. The van der Waals surface area contributed by atoms with E-state index in [1.54, 1.807) is 30.3 Å². The van der Waals surface area contributed by atoms with Crippen LogP contribution in [0.4, 0.5) is 13.2 Å². The minimum Gasteiger partial charge on any atom is -0.493 e. The van der Waals surface area contributed by atoms with Crippen molar-refractivity contribution in [3.05, 3.63) is 54.1 Å². The Bertz CT molecular complexity index is 749. The highest BCUT2D eigenvalue weighted by atomic mass is 19.4. The summed E-state index contributed by atoms with van der Waals surface area (Å²) in [6, 6.07) is 12.5. The molecule has 0 N–H and O–H groups in total. The van der Waals surface area contributed by atoms with Gasteiger partial charge in [-0.2, -0.15) is 0 Å². The van der Waals surface area contributed by atoms with Gasteiger partial charge in [0.25, 0.3) is 5.91 Å². The summed E-state index contributed by atoms with van der Waals surface area (Å²) in [5, 5.41) is 0. The summed E-state index contributed by atoms with van der Waals surface area (Å²) in [6.07, 6.45) is -4.80. The van der Waals surface area contributed by atoms with E-state index in [1.165, 1.54) is 37.3 Å². The number of methoxy groups -OCH3 is 1. The standard InChI is InChI=1S/C18H18F3NO4/c1-22(11-13-7-3-4-8-14(13)26-18(19,20)21)17(23)12-25-16-10-6-5-9-15(16)24-2/h3-10H,11-12H2,1-2H3. The van der Waals surface area contributed by atoms with E-state index in [0.717, 1.165) is 0 Å². The number of carbonyl (C=O) groups excluding carboxylic acids is 1. The van der Waals surface area contributed by atoms with Crippen molar-refractivity contribution in [2.75, 3.05) is 20.8 Å². The van der Waals surface area contributed by atoms with Crippen molar-refractivity contribution in [2.45, 2.75) is 12.9 Å². The van der Waals surface area contributed by atoms with Crippen LogP contribution in [0.25, 0.3) is 0 Å². The molecule has 0 saturated heterocycles. The number of benzene rings is 2. The molecule has 0 heterocycles. The third-order valence-corrected chi connectivity index (χ3v) is 3.45. The summed E-state index contributed by atoms with van der Waals surface area (Å²) in [6.45, 7) is -0.334. The van der Waals surface area contributed by atoms with Crippen molar-refractivity contribution in [3.8, 4) is 17.2 Å². The Morgan fingerprint density at radius 2 is 1.58 bits per heavy atom. The first kappa shape index (κ1) is 19.4. The predicted molar refractivity (Wildman–Crippen MR) is 88.1 cm³/mol. The van der Waals surface area contributed by atoms with Gasteiger partial charge in [-0.3, -0.25) is 4.79 Å². The van der Waals surface area contributed by atoms with Gasteiger partial charge in [0.05, 0.1) is 7.11 Å². The molecule has 0 spiro atoms. The van der Waals surface area contributed by atoms with Crippen LogP contribution in [0.15, 0.2) is 48.5 Å². The molecule has 0 bridgehead atoms. The highest BCUT2D eigenvalue weighted by molar-refractivity contribution is 5.77. The number of nitrogens with zero attached hydrogens (tertiary/aromatic N) is 1. The van der Waals surface area contributed by atoms with Crippen LogP contribution in [-0.4, -0.2) is 37.9 Å². The lowest BCUT2D eigenvalue weighted by molar-refractivity contribution is -0.275. The molecule has 140 valence electrons. The minimum atomic E-state index is -4.80. The number of hydrogen-bond donors (Lipinski definition) is 0. The first-order chi connectivity index (χ1) is 12.3. The van der Waals surface area contributed by atoms with Gasteiger partial charge in [0, 0.05) is 19.2 Å². The topological polar surface area (TPSA) is 48.0 Å². The van der Waals surface area contributed by atoms with Crippen molar-refractivity contribution >= 4 is 5.91 Å². The highest BCUT2D eigenvalue weighted by Gasteiger charge is 2.32. The SMILES string of the molecule is COc1ccccc1OCC(=O)N(C)Cc1ccccc1OC(F)(F)F. The lowest BCUT2D eigenvalue weighted by Crippen LogP contribution is -2.31. The molecular formula is C18H18F3NO4. The second-order valence-electron chi connectivity index (χ2n) is 5.34. The fourth-order valence-corrected chi connectivity index (χ4v) is 2.19. The Balaban J connectivity index is 1.99. The fraction of sp³-hybridized carbons (Fsp3) is 0.278. The molecule has 0 atom stereocenters. The van der Waals surface area contributed by atoms with Crippen molar-refractivity contribution in [2.24, 2.45) is 0 Å². The molecule has 0 aliphatic carbocycles. The van der Waals surface area contributed by atoms with Crippen molar-refractivity contribution in [1.82, 2.24) is 4.90 Å². The van der Waals surface area contributed by atoms with Gasteiger partial charge in [-0.1, -0.05) is 30.3 Å². The molecule has 2 aromatic carbocycles. The lowest BCUT2D eigenvalue weighted by Gasteiger charge is -2.20. The van der Waals surface area contributed by atoms with Gasteiger partial charge in [0.15, 0.2) is 18.1 Å². The lowest BCUT2D eigenvalue weighted by atomic mass is 10.2. The van der Waals surface area contributed by atoms with Gasteiger partial charge in [-0.25, -0.2) is 0 Å². The number of para-hydroxylation sites is 3. The molecular weight excluding hydrogens is 351 g/mol. The molecule has 1 amide bonds. The van der Waals surface area contributed by atoms with Crippen LogP contribution in [0, 0.1) is 0 Å². The summed E-state index contributed by atoms with van der Waals surface area (Å²) in [7, 11) is 2.95. The smallest absolute Gasteiger partial charge is 0.493 e. The number of carbonyl (C=O) groups is 1. The summed E-state index contributed by atoms with van der Waals surface area (Å²) >= 11 is 0. The van der Waals surface area contributed by atoms with E-state index >= 15 is 0 Å². The van der Waals surface area contributed by atoms with Crippen LogP contribution in [0.2, 0.25) is 0 Å². The molecule has 0 saturated carbocycles. The van der Waals surface area contributed by atoms with Crippen LogP contribution in [-0.2, 0) is 11.3 Å². The molecule has 2 aromatic rings. The van der Waals surface area contributed by atoms with E-state index in [9.17, 15) is 18.0 Å². The second kappa shape index (κ2) is 8.46. The molecule has 2 rings (SSSR count). The Labute approximate surface area is 148 Å². The molecule has 26 heavy (non-hydrogen) atoms. The van der Waals surface area contributed by atoms with Crippen LogP contribution >= 0.6 is 0 Å². The van der Waals surface area contributed by atoms with Gasteiger partial charge in [-0.15, -0.1) is 13.2 Å². The zero-order valence-electron chi connectivity index (χ0n) is 14.2. The van der Waals surface area contributed by atoms with Crippen LogP contribution < -0.4 is 14.2 Å². The Morgan fingerprint density at radius 3 is 2.19 bits per heavy atom. The molecule has 0 radical (unpaired) electrons. The quantitative estimate of drug-likeness (QED) is 0.748. The Kier molecular flexibility index (Phi) is 6.32. The normalized spacial score (nSPS) is 11.0. The zero-order chi connectivity index (χ0) is 19.2. The van der Waals surface area contributed by atoms with Gasteiger partial charge < -0.3 is 19.1 Å². The number of halogens is 3. The third kappa shape index (κ3) is 5.58. The number of rotatable bonds is 7. The first-order valence-electron chi connectivity index (χ1n) is 7.63. The summed E-state index contributed by atoms with van der Waals surface area (Å²) in [4.78, 5) is 13.5. The van der Waals surface area contributed by atoms with Gasteiger partial charge in [0.2, 0.25) is 0 Å². The number of amides is 1. The molecule has 0 aliphatic heterocycles.